The van der Waals surface area contributed by atoms with Crippen molar-refractivity contribution in [2.24, 2.45) is 11.8 Å². The third-order valence-corrected chi connectivity index (χ3v) is 5.64. The molecule has 3 rings (SSSR count). The predicted octanol–water partition coefficient (Wildman–Crippen LogP) is 2.29. The van der Waals surface area contributed by atoms with Crippen LogP contribution >= 0.6 is 0 Å². The van der Waals surface area contributed by atoms with Crippen LogP contribution in [0.1, 0.15) is 31.2 Å². The van der Waals surface area contributed by atoms with Gasteiger partial charge in [0.25, 0.3) is 0 Å². The number of rotatable bonds is 4. The van der Waals surface area contributed by atoms with Gasteiger partial charge in [-0.3, -0.25) is 0 Å². The highest BCUT2D eigenvalue weighted by Crippen LogP contribution is 2.44. The minimum absolute atomic E-state index is 0.0989. The molecular formula is C14H19NO2S. The molecule has 3 nitrogen and oxygen atoms in total. The van der Waals surface area contributed by atoms with Crippen molar-refractivity contribution < 1.29 is 8.42 Å². The van der Waals surface area contributed by atoms with E-state index in [0.29, 0.717) is 5.92 Å². The van der Waals surface area contributed by atoms with Gasteiger partial charge in [-0.15, -0.1) is 0 Å². The van der Waals surface area contributed by atoms with Gasteiger partial charge in [-0.2, -0.15) is 0 Å². The fourth-order valence-corrected chi connectivity index (χ4v) is 4.92. The van der Waals surface area contributed by atoms with E-state index >= 15 is 0 Å². The molecule has 2 aliphatic carbocycles. The van der Waals surface area contributed by atoms with Gasteiger partial charge < -0.3 is 0 Å². The molecule has 0 unspecified atom stereocenters. The standard InChI is InChI=1S/C14H19NO2S/c16-18(17,10-11-4-2-1-3-5-11)15-14-9-12-6-7-13(14)8-12/h1-5,12-15H,6-10H2/t12-,13-,14-/m0/s1. The first-order valence-corrected chi connectivity index (χ1v) is 8.31. The monoisotopic (exact) mass is 265 g/mol. The molecule has 0 saturated heterocycles. The molecule has 0 aliphatic heterocycles. The van der Waals surface area contributed by atoms with E-state index in [4.69, 9.17) is 0 Å². The highest BCUT2D eigenvalue weighted by atomic mass is 32.2. The molecule has 0 amide bonds. The van der Waals surface area contributed by atoms with Crippen LogP contribution in [0.15, 0.2) is 30.3 Å². The van der Waals surface area contributed by atoms with Crippen molar-refractivity contribution in [2.45, 2.75) is 37.5 Å². The Morgan fingerprint density at radius 3 is 2.50 bits per heavy atom. The maximum atomic E-state index is 12.1. The Bertz CT molecular complexity index is 512. The Morgan fingerprint density at radius 1 is 1.11 bits per heavy atom. The van der Waals surface area contributed by atoms with Crippen molar-refractivity contribution in [3.63, 3.8) is 0 Å². The van der Waals surface area contributed by atoms with E-state index in [0.717, 1.165) is 17.9 Å². The normalized spacial score (nSPS) is 30.8. The van der Waals surface area contributed by atoms with Crippen LogP contribution in [-0.4, -0.2) is 14.5 Å². The second-order valence-electron chi connectivity index (χ2n) is 5.64. The Kier molecular flexibility index (Phi) is 3.16. The lowest BCUT2D eigenvalue weighted by molar-refractivity contribution is 0.390. The average molecular weight is 265 g/mol. The first kappa shape index (κ1) is 12.2. The molecule has 4 heteroatoms. The summed E-state index contributed by atoms with van der Waals surface area (Å²) in [5.74, 6) is 1.45. The van der Waals surface area contributed by atoms with E-state index in [9.17, 15) is 8.42 Å². The summed E-state index contributed by atoms with van der Waals surface area (Å²) in [5, 5.41) is 0. The molecule has 2 fully saturated rings. The molecule has 2 bridgehead atoms. The second kappa shape index (κ2) is 4.67. The van der Waals surface area contributed by atoms with Gasteiger partial charge in [0, 0.05) is 6.04 Å². The largest absolute Gasteiger partial charge is 0.216 e. The summed E-state index contributed by atoms with van der Waals surface area (Å²) in [4.78, 5) is 0. The molecule has 2 aliphatic rings. The molecule has 2 saturated carbocycles. The van der Waals surface area contributed by atoms with Crippen LogP contribution in [0.4, 0.5) is 0 Å². The van der Waals surface area contributed by atoms with Crippen LogP contribution in [0.3, 0.4) is 0 Å². The molecule has 1 N–H and O–H groups in total. The van der Waals surface area contributed by atoms with E-state index in [1.54, 1.807) is 0 Å². The van der Waals surface area contributed by atoms with Crippen LogP contribution < -0.4 is 4.72 Å². The number of fused-ring (bicyclic) bond motifs is 2. The third-order valence-electron chi connectivity index (χ3n) is 4.27. The molecule has 0 heterocycles. The molecule has 0 radical (unpaired) electrons. The van der Waals surface area contributed by atoms with Crippen molar-refractivity contribution in [3.05, 3.63) is 35.9 Å². The van der Waals surface area contributed by atoms with Crippen molar-refractivity contribution in [2.75, 3.05) is 0 Å². The number of nitrogens with one attached hydrogen (secondary N) is 1. The van der Waals surface area contributed by atoms with Gasteiger partial charge >= 0.3 is 0 Å². The zero-order valence-electron chi connectivity index (χ0n) is 10.4. The zero-order chi connectivity index (χ0) is 12.6. The SMILES string of the molecule is O=S(=O)(Cc1ccccc1)N[C@H]1C[C@H]2CC[C@H]1C2. The van der Waals surface area contributed by atoms with E-state index in [1.807, 2.05) is 30.3 Å². The lowest BCUT2D eigenvalue weighted by atomic mass is 9.96. The topological polar surface area (TPSA) is 46.2 Å². The van der Waals surface area contributed by atoms with Gasteiger partial charge in [0.2, 0.25) is 10.0 Å². The Labute approximate surface area is 109 Å². The lowest BCUT2D eigenvalue weighted by Crippen LogP contribution is -2.39. The van der Waals surface area contributed by atoms with Crippen LogP contribution in [0.5, 0.6) is 0 Å². The van der Waals surface area contributed by atoms with Crippen LogP contribution in [0, 0.1) is 11.8 Å². The molecule has 0 aromatic heterocycles. The molecule has 1 aromatic rings. The van der Waals surface area contributed by atoms with Crippen LogP contribution in [0.25, 0.3) is 0 Å². The van der Waals surface area contributed by atoms with E-state index < -0.39 is 10.0 Å². The summed E-state index contributed by atoms with van der Waals surface area (Å²) in [6, 6.07) is 9.57. The van der Waals surface area contributed by atoms with Gasteiger partial charge in [-0.05, 0) is 36.7 Å². The highest BCUT2D eigenvalue weighted by molar-refractivity contribution is 7.88. The first-order valence-electron chi connectivity index (χ1n) is 6.66. The molecule has 98 valence electrons. The van der Waals surface area contributed by atoms with E-state index in [1.165, 1.54) is 19.3 Å². The Hall–Kier alpha value is -0.870. The van der Waals surface area contributed by atoms with Crippen molar-refractivity contribution in [1.29, 1.82) is 0 Å². The second-order valence-corrected chi connectivity index (χ2v) is 7.40. The molecule has 3 atom stereocenters. The summed E-state index contributed by atoms with van der Waals surface area (Å²) >= 11 is 0. The maximum Gasteiger partial charge on any atom is 0.216 e. The summed E-state index contributed by atoms with van der Waals surface area (Å²) in [7, 11) is -3.19. The third kappa shape index (κ3) is 2.59. The Balaban J connectivity index is 1.65. The molecular weight excluding hydrogens is 246 g/mol. The summed E-state index contributed by atoms with van der Waals surface area (Å²) in [6.45, 7) is 0. The van der Waals surface area contributed by atoms with Crippen molar-refractivity contribution >= 4 is 10.0 Å². The fourth-order valence-electron chi connectivity index (χ4n) is 3.46. The minimum Gasteiger partial charge on any atom is -0.212 e. The van der Waals surface area contributed by atoms with E-state index in [2.05, 4.69) is 4.72 Å². The molecule has 18 heavy (non-hydrogen) atoms. The average Bonchev–Trinajstić information content (AvgIpc) is 2.90. The van der Waals surface area contributed by atoms with Gasteiger partial charge in [-0.1, -0.05) is 36.8 Å². The number of hydrogen-bond donors (Lipinski definition) is 1. The van der Waals surface area contributed by atoms with Gasteiger partial charge in [0.1, 0.15) is 0 Å². The number of sulfonamides is 1. The van der Waals surface area contributed by atoms with Crippen LogP contribution in [0.2, 0.25) is 0 Å². The van der Waals surface area contributed by atoms with Crippen LogP contribution in [-0.2, 0) is 15.8 Å². The fraction of sp³-hybridized carbons (Fsp3) is 0.571. The maximum absolute atomic E-state index is 12.1. The van der Waals surface area contributed by atoms with Crippen molar-refractivity contribution in [1.82, 2.24) is 4.72 Å². The highest BCUT2D eigenvalue weighted by Gasteiger charge is 2.40. The number of benzene rings is 1. The minimum atomic E-state index is -3.19. The molecule has 0 spiro atoms. The molecule has 1 aromatic carbocycles. The summed E-state index contributed by atoms with van der Waals surface area (Å²) in [5.41, 5.74) is 0.855. The first-order chi connectivity index (χ1) is 8.62. The zero-order valence-corrected chi connectivity index (χ0v) is 11.2. The van der Waals surface area contributed by atoms with Gasteiger partial charge in [0.15, 0.2) is 0 Å². The van der Waals surface area contributed by atoms with Gasteiger partial charge in [-0.25, -0.2) is 13.1 Å². The van der Waals surface area contributed by atoms with Crippen molar-refractivity contribution in [3.8, 4) is 0 Å². The number of hydrogen-bond acceptors (Lipinski definition) is 2. The predicted molar refractivity (Wildman–Crippen MR) is 71.4 cm³/mol. The summed E-state index contributed by atoms with van der Waals surface area (Å²) < 4.78 is 27.1. The van der Waals surface area contributed by atoms with Gasteiger partial charge in [0.05, 0.1) is 5.75 Å². The van der Waals surface area contributed by atoms with E-state index in [-0.39, 0.29) is 11.8 Å². The summed E-state index contributed by atoms with van der Waals surface area (Å²) in [6.07, 6.45) is 4.75. The Morgan fingerprint density at radius 2 is 1.89 bits per heavy atom. The lowest BCUT2D eigenvalue weighted by Gasteiger charge is -2.22. The smallest absolute Gasteiger partial charge is 0.212 e. The quantitative estimate of drug-likeness (QED) is 0.908.